The third kappa shape index (κ3) is 5.92. The van der Waals surface area contributed by atoms with Crippen LogP contribution in [-0.4, -0.2) is 43.8 Å². The maximum atomic E-state index is 12.5. The number of hydrogen-bond donors (Lipinski definition) is 1. The highest BCUT2D eigenvalue weighted by molar-refractivity contribution is 5.95. The molecule has 3 aromatic rings. The summed E-state index contributed by atoms with van der Waals surface area (Å²) in [6, 6.07) is 12.3. The predicted octanol–water partition coefficient (Wildman–Crippen LogP) is 4.27. The van der Waals surface area contributed by atoms with Crippen LogP contribution in [0.3, 0.4) is 0 Å². The predicted molar refractivity (Wildman–Crippen MR) is 130 cm³/mol. The first-order valence-electron chi connectivity index (χ1n) is 11.5. The van der Waals surface area contributed by atoms with E-state index in [9.17, 15) is 9.59 Å². The van der Waals surface area contributed by atoms with Crippen molar-refractivity contribution in [3.05, 3.63) is 65.0 Å². The fourth-order valence-electron chi connectivity index (χ4n) is 3.91. The lowest BCUT2D eigenvalue weighted by atomic mass is 10.2. The number of aromatic nitrogens is 1. The lowest BCUT2D eigenvalue weighted by Gasteiger charge is -2.17. The summed E-state index contributed by atoms with van der Waals surface area (Å²) in [6.07, 6.45) is 2.40. The van der Waals surface area contributed by atoms with Gasteiger partial charge < -0.3 is 29.0 Å². The molecule has 1 fully saturated rings. The summed E-state index contributed by atoms with van der Waals surface area (Å²) in [4.78, 5) is 27.1. The Balaban J connectivity index is 1.29. The molecule has 1 amide bonds. The molecular weight excluding hydrogens is 450 g/mol. The van der Waals surface area contributed by atoms with Gasteiger partial charge in [-0.25, -0.2) is 4.79 Å². The zero-order valence-electron chi connectivity index (χ0n) is 20.1. The molecule has 184 valence electrons. The molecule has 1 saturated heterocycles. The maximum absolute atomic E-state index is 12.5. The van der Waals surface area contributed by atoms with Gasteiger partial charge in [0.2, 0.25) is 0 Å². The minimum absolute atomic E-state index is 0.245. The molecule has 1 aromatic heterocycles. The molecule has 0 radical (unpaired) electrons. The Hall–Kier alpha value is -4.01. The molecule has 2 aromatic carbocycles. The van der Waals surface area contributed by atoms with E-state index in [4.69, 9.17) is 18.7 Å². The molecule has 0 aliphatic carbocycles. The fraction of sp³-hybridized carbons (Fsp3) is 0.346. The van der Waals surface area contributed by atoms with Crippen molar-refractivity contribution >= 4 is 23.3 Å². The van der Waals surface area contributed by atoms with Crippen molar-refractivity contribution in [3.8, 4) is 11.5 Å². The van der Waals surface area contributed by atoms with Crippen molar-refractivity contribution in [2.24, 2.45) is 0 Å². The molecule has 1 aliphatic rings. The van der Waals surface area contributed by atoms with E-state index < -0.39 is 18.5 Å². The SMILES string of the molecule is COc1cc(C(=O)OCC(=O)Nc2ccc(N3CCCC3)cc2)ccc1OCc1c(C)noc1C. The molecule has 9 heteroatoms. The number of amides is 1. The molecule has 0 atom stereocenters. The van der Waals surface area contributed by atoms with Crippen LogP contribution in [0.2, 0.25) is 0 Å². The van der Waals surface area contributed by atoms with Crippen molar-refractivity contribution in [3.63, 3.8) is 0 Å². The van der Waals surface area contributed by atoms with E-state index in [0.717, 1.165) is 30.0 Å². The van der Waals surface area contributed by atoms with Crippen molar-refractivity contribution in [2.75, 3.05) is 37.0 Å². The van der Waals surface area contributed by atoms with E-state index in [0.29, 0.717) is 22.9 Å². The van der Waals surface area contributed by atoms with Gasteiger partial charge in [0.15, 0.2) is 18.1 Å². The number of nitrogens with zero attached hydrogens (tertiary/aromatic N) is 2. The second-order valence-corrected chi connectivity index (χ2v) is 8.32. The first kappa shape index (κ1) is 24.1. The van der Waals surface area contributed by atoms with E-state index in [1.807, 2.05) is 38.1 Å². The van der Waals surface area contributed by atoms with E-state index in [-0.39, 0.29) is 12.2 Å². The summed E-state index contributed by atoms with van der Waals surface area (Å²) in [5, 5.41) is 6.65. The first-order chi connectivity index (χ1) is 16.9. The van der Waals surface area contributed by atoms with Crippen molar-refractivity contribution in [2.45, 2.75) is 33.3 Å². The Bertz CT molecular complexity index is 1160. The van der Waals surface area contributed by atoms with Gasteiger partial charge in [0.25, 0.3) is 5.91 Å². The minimum atomic E-state index is -0.639. The summed E-state index contributed by atoms with van der Waals surface area (Å²) in [6.45, 7) is 5.61. The standard InChI is InChI=1S/C26H29N3O6/c1-17-22(18(2)35-28-17)15-33-23-11-6-19(14-24(23)32-3)26(31)34-16-25(30)27-20-7-9-21(10-8-20)29-12-4-5-13-29/h6-11,14H,4-5,12-13,15-16H2,1-3H3,(H,27,30). The number of carbonyl (C=O) groups excluding carboxylic acids is 2. The van der Waals surface area contributed by atoms with E-state index >= 15 is 0 Å². The third-order valence-electron chi connectivity index (χ3n) is 5.91. The number of anilines is 2. The maximum Gasteiger partial charge on any atom is 0.338 e. The topological polar surface area (TPSA) is 103 Å². The van der Waals surface area contributed by atoms with Crippen molar-refractivity contribution in [1.82, 2.24) is 5.16 Å². The molecule has 2 heterocycles. The van der Waals surface area contributed by atoms with Crippen molar-refractivity contribution in [1.29, 1.82) is 0 Å². The third-order valence-corrected chi connectivity index (χ3v) is 5.91. The van der Waals surface area contributed by atoms with Gasteiger partial charge in [-0.05, 0) is 69.2 Å². The molecule has 0 spiro atoms. The van der Waals surface area contributed by atoms with Gasteiger partial charge in [0.1, 0.15) is 12.4 Å². The Morgan fingerprint density at radius 2 is 1.80 bits per heavy atom. The quantitative estimate of drug-likeness (QED) is 0.454. The number of methoxy groups -OCH3 is 1. The largest absolute Gasteiger partial charge is 0.493 e. The lowest BCUT2D eigenvalue weighted by Crippen LogP contribution is -2.21. The normalized spacial score (nSPS) is 12.9. The van der Waals surface area contributed by atoms with Gasteiger partial charge in [0, 0.05) is 24.5 Å². The summed E-state index contributed by atoms with van der Waals surface area (Å²) in [5.74, 6) is 0.453. The molecule has 1 aliphatic heterocycles. The number of ether oxygens (including phenoxy) is 3. The number of nitrogens with one attached hydrogen (secondary N) is 1. The summed E-state index contributed by atoms with van der Waals surface area (Å²) in [7, 11) is 1.48. The molecular formula is C26H29N3O6. The number of hydrogen-bond acceptors (Lipinski definition) is 8. The fourth-order valence-corrected chi connectivity index (χ4v) is 3.91. The van der Waals surface area contributed by atoms with Gasteiger partial charge in [0.05, 0.1) is 23.9 Å². The Kier molecular flexibility index (Phi) is 7.54. The molecule has 0 unspecified atom stereocenters. The Morgan fingerprint density at radius 1 is 1.06 bits per heavy atom. The van der Waals surface area contributed by atoms with Gasteiger partial charge in [-0.15, -0.1) is 0 Å². The zero-order valence-corrected chi connectivity index (χ0v) is 20.1. The number of esters is 1. The monoisotopic (exact) mass is 479 g/mol. The van der Waals surface area contributed by atoms with Gasteiger partial charge in [-0.1, -0.05) is 5.16 Å². The molecule has 1 N–H and O–H groups in total. The van der Waals surface area contributed by atoms with E-state index in [2.05, 4.69) is 15.4 Å². The Labute approximate surface area is 203 Å². The van der Waals surface area contributed by atoms with Crippen LogP contribution in [0.1, 0.15) is 40.2 Å². The molecule has 9 nitrogen and oxygen atoms in total. The summed E-state index contributed by atoms with van der Waals surface area (Å²) in [5.41, 5.74) is 3.64. The minimum Gasteiger partial charge on any atom is -0.493 e. The molecule has 4 rings (SSSR count). The number of aryl methyl sites for hydroxylation is 2. The van der Waals surface area contributed by atoms with Crippen LogP contribution < -0.4 is 19.7 Å². The average Bonchev–Trinajstić information content (AvgIpc) is 3.52. The smallest absolute Gasteiger partial charge is 0.338 e. The van der Waals surface area contributed by atoms with Crippen LogP contribution in [0, 0.1) is 13.8 Å². The van der Waals surface area contributed by atoms with Crippen molar-refractivity contribution < 1.29 is 28.3 Å². The van der Waals surface area contributed by atoms with Crippen LogP contribution in [0.5, 0.6) is 11.5 Å². The van der Waals surface area contributed by atoms with E-state index in [1.165, 1.54) is 26.0 Å². The van der Waals surface area contributed by atoms with Crippen LogP contribution in [0.15, 0.2) is 47.0 Å². The first-order valence-corrected chi connectivity index (χ1v) is 11.5. The molecule has 0 bridgehead atoms. The Morgan fingerprint density at radius 3 is 2.46 bits per heavy atom. The number of benzene rings is 2. The number of rotatable bonds is 9. The second-order valence-electron chi connectivity index (χ2n) is 8.32. The average molecular weight is 480 g/mol. The van der Waals surface area contributed by atoms with E-state index in [1.54, 1.807) is 12.1 Å². The summed E-state index contributed by atoms with van der Waals surface area (Å²) >= 11 is 0. The highest BCUT2D eigenvalue weighted by Crippen LogP contribution is 2.30. The van der Waals surface area contributed by atoms with Crippen LogP contribution in [-0.2, 0) is 16.1 Å². The van der Waals surface area contributed by atoms with Crippen LogP contribution in [0.25, 0.3) is 0 Å². The zero-order chi connectivity index (χ0) is 24.8. The van der Waals surface area contributed by atoms with Crippen LogP contribution >= 0.6 is 0 Å². The second kappa shape index (κ2) is 10.9. The van der Waals surface area contributed by atoms with Crippen LogP contribution in [0.4, 0.5) is 11.4 Å². The highest BCUT2D eigenvalue weighted by atomic mass is 16.5. The lowest BCUT2D eigenvalue weighted by molar-refractivity contribution is -0.119. The molecule has 0 saturated carbocycles. The number of carbonyl (C=O) groups is 2. The summed E-state index contributed by atoms with van der Waals surface area (Å²) < 4.78 is 21.5. The van der Waals surface area contributed by atoms with Gasteiger partial charge >= 0.3 is 5.97 Å². The molecule has 35 heavy (non-hydrogen) atoms. The van der Waals surface area contributed by atoms with Gasteiger partial charge in [-0.2, -0.15) is 0 Å². The van der Waals surface area contributed by atoms with Gasteiger partial charge in [-0.3, -0.25) is 4.79 Å². The highest BCUT2D eigenvalue weighted by Gasteiger charge is 2.16.